The van der Waals surface area contributed by atoms with Crippen LogP contribution in [0.25, 0.3) is 0 Å². The molecule has 0 saturated heterocycles. The van der Waals surface area contributed by atoms with Crippen LogP contribution in [0.1, 0.15) is 65.2 Å². The van der Waals surface area contributed by atoms with Gasteiger partial charge in [-0.25, -0.2) is 4.99 Å². The van der Waals surface area contributed by atoms with E-state index < -0.39 is 0 Å². The van der Waals surface area contributed by atoms with Gasteiger partial charge in [-0.1, -0.05) is 39.0 Å². The summed E-state index contributed by atoms with van der Waals surface area (Å²) in [6.07, 6.45) is 9.86. The summed E-state index contributed by atoms with van der Waals surface area (Å²) in [5, 5.41) is 6.96. The van der Waals surface area contributed by atoms with Gasteiger partial charge in [0, 0.05) is 26.2 Å². The number of amides is 1. The molecule has 22 heavy (non-hydrogen) atoms. The highest BCUT2D eigenvalue weighted by atomic mass is 16.2. The number of guanidine groups is 1. The Morgan fingerprint density at radius 1 is 1.27 bits per heavy atom. The lowest BCUT2D eigenvalue weighted by Gasteiger charge is -2.21. The number of carbonyl (C=O) groups is 1. The fourth-order valence-electron chi connectivity index (χ4n) is 2.69. The molecule has 0 heterocycles. The number of rotatable bonds is 8. The van der Waals surface area contributed by atoms with E-state index in [2.05, 4.69) is 29.5 Å². The summed E-state index contributed by atoms with van der Waals surface area (Å²) in [6.45, 7) is 4.62. The van der Waals surface area contributed by atoms with Crippen LogP contribution in [0.5, 0.6) is 0 Å². The molecule has 5 heteroatoms. The number of aliphatic imine (C=N–C) groups is 1. The molecule has 0 aromatic rings. The average Bonchev–Trinajstić information content (AvgIpc) is 2.97. The van der Waals surface area contributed by atoms with Gasteiger partial charge in [0.25, 0.3) is 0 Å². The molecule has 1 aliphatic rings. The predicted molar refractivity (Wildman–Crippen MR) is 93.1 cm³/mol. The van der Waals surface area contributed by atoms with Crippen molar-refractivity contribution in [3.8, 4) is 0 Å². The maximum atomic E-state index is 11.7. The molecule has 1 saturated carbocycles. The molecule has 1 atom stereocenters. The third-order valence-electron chi connectivity index (χ3n) is 4.19. The number of nitrogens with zero attached hydrogens (tertiary/aromatic N) is 2. The van der Waals surface area contributed by atoms with Gasteiger partial charge in [0.2, 0.25) is 5.91 Å². The first-order valence-corrected chi connectivity index (χ1v) is 8.80. The monoisotopic (exact) mass is 310 g/mol. The average molecular weight is 310 g/mol. The molecule has 128 valence electrons. The Labute approximate surface area is 135 Å². The summed E-state index contributed by atoms with van der Waals surface area (Å²) in [6, 6.07) is 0.886. The second-order valence-electron chi connectivity index (χ2n) is 6.62. The number of carbonyl (C=O) groups excluding carboxylic acids is 1. The van der Waals surface area contributed by atoms with Gasteiger partial charge in [-0.15, -0.1) is 0 Å². The van der Waals surface area contributed by atoms with E-state index in [-0.39, 0.29) is 12.5 Å². The van der Waals surface area contributed by atoms with Crippen molar-refractivity contribution in [3.05, 3.63) is 0 Å². The molecule has 1 rings (SSSR count). The van der Waals surface area contributed by atoms with Crippen molar-refractivity contribution in [2.75, 3.05) is 20.6 Å². The summed E-state index contributed by atoms with van der Waals surface area (Å²) in [4.78, 5) is 17.8. The molecular formula is C17H34N4O. The Bertz CT molecular complexity index is 349. The van der Waals surface area contributed by atoms with Crippen molar-refractivity contribution in [2.45, 2.75) is 77.3 Å². The fourth-order valence-corrected chi connectivity index (χ4v) is 2.69. The Kier molecular flexibility index (Phi) is 8.94. The predicted octanol–water partition coefficient (Wildman–Crippen LogP) is 2.52. The van der Waals surface area contributed by atoms with E-state index in [1.165, 1.54) is 44.9 Å². The van der Waals surface area contributed by atoms with Gasteiger partial charge in [-0.05, 0) is 26.2 Å². The minimum atomic E-state index is 0.0335. The van der Waals surface area contributed by atoms with Gasteiger partial charge in [-0.3, -0.25) is 4.79 Å². The van der Waals surface area contributed by atoms with Crippen LogP contribution in [0.4, 0.5) is 0 Å². The minimum Gasteiger partial charge on any atom is -0.354 e. The summed E-state index contributed by atoms with van der Waals surface area (Å²) >= 11 is 0. The number of likely N-dealkylation sites (N-methyl/N-ethyl adjacent to an activating group) is 1. The molecule has 5 nitrogen and oxygen atoms in total. The largest absolute Gasteiger partial charge is 0.354 e. The van der Waals surface area contributed by atoms with Crippen LogP contribution in [0, 0.1) is 0 Å². The summed E-state index contributed by atoms with van der Waals surface area (Å²) in [7, 11) is 3.53. The molecule has 1 unspecified atom stereocenters. The van der Waals surface area contributed by atoms with Crippen molar-refractivity contribution in [1.82, 2.24) is 15.5 Å². The van der Waals surface area contributed by atoms with E-state index in [1.807, 2.05) is 0 Å². The number of hydrogen-bond donors (Lipinski definition) is 2. The molecular weight excluding hydrogens is 276 g/mol. The number of hydrogen-bond acceptors (Lipinski definition) is 2. The number of nitrogens with one attached hydrogen (secondary N) is 2. The maximum absolute atomic E-state index is 11.7. The van der Waals surface area contributed by atoms with Gasteiger partial charge in [0.05, 0.1) is 0 Å². The SMILES string of the molecule is CCCCCC(C)NC(=NCC(=O)N(C)C)NC1CCCC1. The van der Waals surface area contributed by atoms with Crippen LogP contribution >= 0.6 is 0 Å². The van der Waals surface area contributed by atoms with Gasteiger partial charge >= 0.3 is 0 Å². The van der Waals surface area contributed by atoms with E-state index in [1.54, 1.807) is 19.0 Å². The molecule has 1 aliphatic carbocycles. The lowest BCUT2D eigenvalue weighted by atomic mass is 10.1. The van der Waals surface area contributed by atoms with Crippen molar-refractivity contribution in [2.24, 2.45) is 4.99 Å². The van der Waals surface area contributed by atoms with Crippen molar-refractivity contribution in [3.63, 3.8) is 0 Å². The molecule has 0 aliphatic heterocycles. The Morgan fingerprint density at radius 3 is 2.55 bits per heavy atom. The van der Waals surface area contributed by atoms with E-state index >= 15 is 0 Å². The Balaban J connectivity index is 2.52. The molecule has 0 spiro atoms. The summed E-state index contributed by atoms with van der Waals surface area (Å²) < 4.78 is 0. The van der Waals surface area contributed by atoms with Crippen molar-refractivity contribution >= 4 is 11.9 Å². The zero-order valence-electron chi connectivity index (χ0n) is 14.8. The molecule has 0 aromatic heterocycles. The molecule has 2 N–H and O–H groups in total. The highest BCUT2D eigenvalue weighted by Crippen LogP contribution is 2.17. The van der Waals surface area contributed by atoms with Crippen LogP contribution in [-0.2, 0) is 4.79 Å². The zero-order valence-corrected chi connectivity index (χ0v) is 14.8. The summed E-state index contributed by atoms with van der Waals surface area (Å²) in [5.41, 5.74) is 0. The molecule has 1 fully saturated rings. The molecule has 0 aromatic carbocycles. The van der Waals surface area contributed by atoms with Gasteiger partial charge < -0.3 is 15.5 Å². The normalized spacial score (nSPS) is 17.4. The van der Waals surface area contributed by atoms with E-state index in [9.17, 15) is 4.79 Å². The van der Waals surface area contributed by atoms with Gasteiger partial charge in [-0.2, -0.15) is 0 Å². The van der Waals surface area contributed by atoms with E-state index in [4.69, 9.17) is 0 Å². The molecule has 0 radical (unpaired) electrons. The first kappa shape index (κ1) is 18.8. The maximum Gasteiger partial charge on any atom is 0.243 e. The Morgan fingerprint density at radius 2 is 1.95 bits per heavy atom. The second-order valence-corrected chi connectivity index (χ2v) is 6.62. The Hall–Kier alpha value is -1.26. The third-order valence-corrected chi connectivity index (χ3v) is 4.19. The summed E-state index contributed by atoms with van der Waals surface area (Å²) in [5.74, 6) is 0.831. The standard InChI is InChI=1S/C17H34N4O/c1-5-6-7-10-14(2)19-17(18-13-16(22)21(3)4)20-15-11-8-9-12-15/h14-15H,5-13H2,1-4H3,(H2,18,19,20). The lowest BCUT2D eigenvalue weighted by Crippen LogP contribution is -2.46. The molecule has 1 amide bonds. The lowest BCUT2D eigenvalue weighted by molar-refractivity contribution is -0.127. The van der Waals surface area contributed by atoms with E-state index in [0.29, 0.717) is 12.1 Å². The zero-order chi connectivity index (χ0) is 16.4. The quantitative estimate of drug-likeness (QED) is 0.411. The fraction of sp³-hybridized carbons (Fsp3) is 0.882. The first-order chi connectivity index (χ1) is 10.5. The molecule has 0 bridgehead atoms. The van der Waals surface area contributed by atoms with Crippen LogP contribution < -0.4 is 10.6 Å². The van der Waals surface area contributed by atoms with E-state index in [0.717, 1.165) is 12.4 Å². The van der Waals surface area contributed by atoms with Crippen LogP contribution in [0.3, 0.4) is 0 Å². The van der Waals surface area contributed by atoms with Crippen LogP contribution in [0.15, 0.2) is 4.99 Å². The van der Waals surface area contributed by atoms with Crippen molar-refractivity contribution in [1.29, 1.82) is 0 Å². The highest BCUT2D eigenvalue weighted by molar-refractivity contribution is 5.85. The van der Waals surface area contributed by atoms with Gasteiger partial charge in [0.15, 0.2) is 5.96 Å². The van der Waals surface area contributed by atoms with Crippen LogP contribution in [-0.4, -0.2) is 49.5 Å². The smallest absolute Gasteiger partial charge is 0.243 e. The minimum absolute atomic E-state index is 0.0335. The highest BCUT2D eigenvalue weighted by Gasteiger charge is 2.17. The van der Waals surface area contributed by atoms with Crippen LogP contribution in [0.2, 0.25) is 0 Å². The topological polar surface area (TPSA) is 56.7 Å². The van der Waals surface area contributed by atoms with Crippen molar-refractivity contribution < 1.29 is 4.79 Å². The van der Waals surface area contributed by atoms with Gasteiger partial charge in [0.1, 0.15) is 6.54 Å². The number of unbranched alkanes of at least 4 members (excludes halogenated alkanes) is 2. The first-order valence-electron chi connectivity index (χ1n) is 8.80. The third kappa shape index (κ3) is 7.66. The second kappa shape index (κ2) is 10.5.